The molecule has 0 aliphatic heterocycles. The first-order valence-corrected chi connectivity index (χ1v) is 4.96. The van der Waals surface area contributed by atoms with Crippen molar-refractivity contribution in [1.29, 1.82) is 0 Å². The van der Waals surface area contributed by atoms with Crippen molar-refractivity contribution in [2.75, 3.05) is 27.2 Å². The fraction of sp³-hybridized carbons (Fsp3) is 1.00. The highest BCUT2D eigenvalue weighted by Crippen LogP contribution is 2.05. The molecule has 1 N–H and O–H groups in total. The second kappa shape index (κ2) is 6.44. The Morgan fingerprint density at radius 3 is 2.25 bits per heavy atom. The standard InChI is InChI=1S/C10H24N2/c1-6-10(7-11-4)8-12(5)9(2)3/h9-11H,6-8H2,1-5H3. The molecular formula is C10H24N2. The summed E-state index contributed by atoms with van der Waals surface area (Å²) in [5.41, 5.74) is 0. The van der Waals surface area contributed by atoms with Crippen molar-refractivity contribution in [3.05, 3.63) is 0 Å². The second-order valence-corrected chi connectivity index (χ2v) is 3.87. The van der Waals surface area contributed by atoms with Crippen LogP contribution in [0.4, 0.5) is 0 Å². The summed E-state index contributed by atoms with van der Waals surface area (Å²) in [7, 11) is 4.22. The summed E-state index contributed by atoms with van der Waals surface area (Å²) in [4.78, 5) is 2.41. The maximum absolute atomic E-state index is 3.24. The predicted molar refractivity (Wildman–Crippen MR) is 55.5 cm³/mol. The summed E-state index contributed by atoms with van der Waals surface area (Å²) in [5.74, 6) is 0.794. The first-order valence-electron chi connectivity index (χ1n) is 4.96. The molecule has 2 nitrogen and oxygen atoms in total. The molecule has 0 amide bonds. The van der Waals surface area contributed by atoms with Gasteiger partial charge in [-0.15, -0.1) is 0 Å². The van der Waals surface area contributed by atoms with Crippen LogP contribution in [-0.4, -0.2) is 38.1 Å². The quantitative estimate of drug-likeness (QED) is 0.654. The molecule has 0 fully saturated rings. The Balaban J connectivity index is 3.68. The van der Waals surface area contributed by atoms with Gasteiger partial charge in [0.2, 0.25) is 0 Å². The summed E-state index contributed by atoms with van der Waals surface area (Å²) in [6, 6.07) is 0.663. The molecule has 0 saturated heterocycles. The van der Waals surface area contributed by atoms with E-state index >= 15 is 0 Å². The van der Waals surface area contributed by atoms with Gasteiger partial charge in [0.05, 0.1) is 0 Å². The molecule has 2 heteroatoms. The van der Waals surface area contributed by atoms with E-state index in [1.165, 1.54) is 13.0 Å². The smallest absolute Gasteiger partial charge is 0.00356 e. The number of hydrogen-bond acceptors (Lipinski definition) is 2. The molecule has 0 rings (SSSR count). The van der Waals surface area contributed by atoms with Crippen molar-refractivity contribution >= 4 is 0 Å². The largest absolute Gasteiger partial charge is 0.319 e. The van der Waals surface area contributed by atoms with Gasteiger partial charge in [-0.2, -0.15) is 0 Å². The molecule has 0 aromatic heterocycles. The van der Waals surface area contributed by atoms with E-state index in [1.54, 1.807) is 0 Å². The third kappa shape index (κ3) is 4.73. The van der Waals surface area contributed by atoms with E-state index in [4.69, 9.17) is 0 Å². The van der Waals surface area contributed by atoms with Crippen LogP contribution in [0.1, 0.15) is 27.2 Å². The van der Waals surface area contributed by atoms with E-state index in [9.17, 15) is 0 Å². The van der Waals surface area contributed by atoms with Crippen LogP contribution in [-0.2, 0) is 0 Å². The highest BCUT2D eigenvalue weighted by molar-refractivity contribution is 4.66. The van der Waals surface area contributed by atoms with E-state index in [2.05, 4.69) is 38.0 Å². The fourth-order valence-electron chi connectivity index (χ4n) is 1.24. The summed E-state index contributed by atoms with van der Waals surface area (Å²) in [6.45, 7) is 9.08. The maximum Gasteiger partial charge on any atom is 0.00356 e. The Morgan fingerprint density at radius 1 is 1.33 bits per heavy atom. The lowest BCUT2D eigenvalue weighted by atomic mass is 10.1. The van der Waals surface area contributed by atoms with Crippen LogP contribution in [0.5, 0.6) is 0 Å². The molecule has 1 atom stereocenters. The maximum atomic E-state index is 3.24. The van der Waals surface area contributed by atoms with Gasteiger partial charge < -0.3 is 10.2 Å². The molecule has 0 aromatic rings. The van der Waals surface area contributed by atoms with Gasteiger partial charge in [-0.1, -0.05) is 13.3 Å². The Kier molecular flexibility index (Phi) is 6.39. The zero-order chi connectivity index (χ0) is 9.56. The highest BCUT2D eigenvalue weighted by Gasteiger charge is 2.10. The third-order valence-electron chi connectivity index (χ3n) is 2.50. The minimum Gasteiger partial charge on any atom is -0.319 e. The molecule has 0 heterocycles. The molecule has 0 radical (unpaired) electrons. The zero-order valence-corrected chi connectivity index (χ0v) is 9.22. The van der Waals surface area contributed by atoms with Gasteiger partial charge in [-0.05, 0) is 40.4 Å². The number of rotatable bonds is 6. The van der Waals surface area contributed by atoms with Crippen LogP contribution in [0.2, 0.25) is 0 Å². The molecule has 12 heavy (non-hydrogen) atoms. The summed E-state index contributed by atoms with van der Waals surface area (Å²) in [6.07, 6.45) is 1.26. The van der Waals surface area contributed by atoms with Crippen molar-refractivity contribution in [1.82, 2.24) is 10.2 Å². The monoisotopic (exact) mass is 172 g/mol. The van der Waals surface area contributed by atoms with Crippen molar-refractivity contribution in [2.45, 2.75) is 33.2 Å². The minimum absolute atomic E-state index is 0.663. The van der Waals surface area contributed by atoms with Gasteiger partial charge in [0.1, 0.15) is 0 Å². The van der Waals surface area contributed by atoms with Crippen molar-refractivity contribution in [3.63, 3.8) is 0 Å². The van der Waals surface area contributed by atoms with Gasteiger partial charge in [0, 0.05) is 12.6 Å². The molecule has 0 aliphatic carbocycles. The van der Waals surface area contributed by atoms with Gasteiger partial charge in [-0.3, -0.25) is 0 Å². The van der Waals surface area contributed by atoms with Crippen LogP contribution in [0.3, 0.4) is 0 Å². The highest BCUT2D eigenvalue weighted by atomic mass is 15.1. The van der Waals surface area contributed by atoms with E-state index < -0.39 is 0 Å². The zero-order valence-electron chi connectivity index (χ0n) is 9.22. The van der Waals surface area contributed by atoms with Gasteiger partial charge >= 0.3 is 0 Å². The van der Waals surface area contributed by atoms with Crippen molar-refractivity contribution in [3.8, 4) is 0 Å². The average molecular weight is 172 g/mol. The first kappa shape index (κ1) is 11.9. The van der Waals surface area contributed by atoms with Crippen LogP contribution in [0.25, 0.3) is 0 Å². The Bertz CT molecular complexity index is 102. The second-order valence-electron chi connectivity index (χ2n) is 3.87. The molecule has 0 spiro atoms. The molecule has 1 unspecified atom stereocenters. The van der Waals surface area contributed by atoms with Gasteiger partial charge in [0.25, 0.3) is 0 Å². The van der Waals surface area contributed by atoms with E-state index in [-0.39, 0.29) is 0 Å². The van der Waals surface area contributed by atoms with Gasteiger partial charge in [-0.25, -0.2) is 0 Å². The Hall–Kier alpha value is -0.0800. The SMILES string of the molecule is CCC(CNC)CN(C)C(C)C. The Morgan fingerprint density at radius 2 is 1.92 bits per heavy atom. The molecule has 0 bridgehead atoms. The molecule has 0 saturated carbocycles. The predicted octanol–water partition coefficient (Wildman–Crippen LogP) is 1.57. The number of nitrogens with one attached hydrogen (secondary N) is 1. The first-order chi connectivity index (χ1) is 5.61. The summed E-state index contributed by atoms with van der Waals surface area (Å²) in [5, 5.41) is 3.24. The fourth-order valence-corrected chi connectivity index (χ4v) is 1.24. The van der Waals surface area contributed by atoms with E-state index in [1.807, 2.05) is 7.05 Å². The average Bonchev–Trinajstić information content (AvgIpc) is 2.03. The lowest BCUT2D eigenvalue weighted by Gasteiger charge is -2.26. The van der Waals surface area contributed by atoms with Crippen molar-refractivity contribution < 1.29 is 0 Å². The van der Waals surface area contributed by atoms with Gasteiger partial charge in [0.15, 0.2) is 0 Å². The minimum atomic E-state index is 0.663. The van der Waals surface area contributed by atoms with Crippen LogP contribution >= 0.6 is 0 Å². The molecule has 0 aromatic carbocycles. The van der Waals surface area contributed by atoms with E-state index in [0.717, 1.165) is 12.5 Å². The lowest BCUT2D eigenvalue weighted by molar-refractivity contribution is 0.225. The summed E-state index contributed by atoms with van der Waals surface area (Å²) >= 11 is 0. The molecule has 0 aliphatic rings. The summed E-state index contributed by atoms with van der Waals surface area (Å²) < 4.78 is 0. The molecule has 74 valence electrons. The number of nitrogens with zero attached hydrogens (tertiary/aromatic N) is 1. The van der Waals surface area contributed by atoms with Crippen molar-refractivity contribution in [2.24, 2.45) is 5.92 Å². The topological polar surface area (TPSA) is 15.3 Å². The van der Waals surface area contributed by atoms with Crippen LogP contribution in [0, 0.1) is 5.92 Å². The normalized spacial score (nSPS) is 14.2. The third-order valence-corrected chi connectivity index (χ3v) is 2.50. The Labute approximate surface area is 77.3 Å². The molecular weight excluding hydrogens is 148 g/mol. The lowest BCUT2D eigenvalue weighted by Crippen LogP contribution is -2.35. The van der Waals surface area contributed by atoms with Crippen LogP contribution in [0.15, 0.2) is 0 Å². The van der Waals surface area contributed by atoms with E-state index in [0.29, 0.717) is 6.04 Å². The number of hydrogen-bond donors (Lipinski definition) is 1. The van der Waals surface area contributed by atoms with Crippen LogP contribution < -0.4 is 5.32 Å².